The van der Waals surface area contributed by atoms with Gasteiger partial charge in [-0.1, -0.05) is 62.8 Å². The van der Waals surface area contributed by atoms with Crippen LogP contribution in [-0.4, -0.2) is 11.8 Å². The van der Waals surface area contributed by atoms with Crippen LogP contribution >= 0.6 is 0 Å². The molecule has 0 fully saturated rings. The standard InChI is InChI=1S/C26H36N2O2/c1-21-13-11-15-23(19-21)27-25(29)17-9-7-5-3-4-6-8-10-18-26(30)28-24-16-12-14-22(2)20-24/h11-16,19-20H,3-10,17-18H2,1-2H3,(H,27,29)(H,28,30). The zero-order valence-corrected chi connectivity index (χ0v) is 18.5. The molecular formula is C26H36N2O2. The summed E-state index contributed by atoms with van der Waals surface area (Å²) in [6.07, 6.45) is 10.0. The summed E-state index contributed by atoms with van der Waals surface area (Å²) in [5, 5.41) is 5.93. The second-order valence-electron chi connectivity index (χ2n) is 8.16. The van der Waals surface area contributed by atoms with E-state index in [0.29, 0.717) is 12.8 Å². The van der Waals surface area contributed by atoms with Gasteiger partial charge >= 0.3 is 0 Å². The number of aryl methyl sites for hydroxylation is 2. The van der Waals surface area contributed by atoms with Crippen molar-refractivity contribution in [2.45, 2.75) is 78.1 Å². The van der Waals surface area contributed by atoms with Gasteiger partial charge in [0.05, 0.1) is 0 Å². The van der Waals surface area contributed by atoms with Crippen molar-refractivity contribution in [2.75, 3.05) is 10.6 Å². The summed E-state index contributed by atoms with van der Waals surface area (Å²) in [5.74, 6) is 0.203. The number of benzene rings is 2. The number of hydrogen-bond acceptors (Lipinski definition) is 2. The molecule has 0 unspecified atom stereocenters. The van der Waals surface area contributed by atoms with Gasteiger partial charge in [0.25, 0.3) is 0 Å². The fraction of sp³-hybridized carbons (Fsp3) is 0.462. The SMILES string of the molecule is Cc1cccc(NC(=O)CCCCCCCCCCC(=O)Nc2cccc(C)c2)c1. The third kappa shape index (κ3) is 10.2. The van der Waals surface area contributed by atoms with Gasteiger partial charge in [0.15, 0.2) is 0 Å². The van der Waals surface area contributed by atoms with Gasteiger partial charge in [-0.15, -0.1) is 0 Å². The van der Waals surface area contributed by atoms with E-state index in [1.165, 1.54) is 25.7 Å². The molecule has 0 radical (unpaired) electrons. The second kappa shape index (κ2) is 13.6. The van der Waals surface area contributed by atoms with Crippen LogP contribution in [0.15, 0.2) is 48.5 Å². The van der Waals surface area contributed by atoms with Gasteiger partial charge in [-0.25, -0.2) is 0 Å². The average Bonchev–Trinajstić information content (AvgIpc) is 2.69. The molecule has 4 nitrogen and oxygen atoms in total. The zero-order chi connectivity index (χ0) is 21.6. The van der Waals surface area contributed by atoms with Crippen LogP contribution in [0.1, 0.15) is 75.3 Å². The van der Waals surface area contributed by atoms with Crippen molar-refractivity contribution >= 4 is 23.2 Å². The van der Waals surface area contributed by atoms with Crippen LogP contribution in [0.5, 0.6) is 0 Å². The monoisotopic (exact) mass is 408 g/mol. The van der Waals surface area contributed by atoms with Crippen LogP contribution in [0.2, 0.25) is 0 Å². The fourth-order valence-electron chi connectivity index (χ4n) is 3.52. The summed E-state index contributed by atoms with van der Waals surface area (Å²) in [6, 6.07) is 15.8. The summed E-state index contributed by atoms with van der Waals surface area (Å²) in [6.45, 7) is 4.05. The lowest BCUT2D eigenvalue weighted by atomic mass is 10.1. The molecule has 0 saturated carbocycles. The highest BCUT2D eigenvalue weighted by atomic mass is 16.2. The number of hydrogen-bond donors (Lipinski definition) is 2. The largest absolute Gasteiger partial charge is 0.326 e. The minimum absolute atomic E-state index is 0.101. The van der Waals surface area contributed by atoms with E-state index in [2.05, 4.69) is 10.6 Å². The van der Waals surface area contributed by atoms with Gasteiger partial charge in [-0.05, 0) is 62.1 Å². The molecule has 2 amide bonds. The van der Waals surface area contributed by atoms with Crippen molar-refractivity contribution in [1.29, 1.82) is 0 Å². The summed E-state index contributed by atoms with van der Waals surface area (Å²) >= 11 is 0. The zero-order valence-electron chi connectivity index (χ0n) is 18.5. The Kier molecular flexibility index (Phi) is 10.7. The molecule has 2 aromatic carbocycles. The molecule has 0 spiro atoms. The minimum atomic E-state index is 0.101. The highest BCUT2D eigenvalue weighted by molar-refractivity contribution is 5.91. The number of anilines is 2. The predicted octanol–water partition coefficient (Wildman–Crippen LogP) is 6.78. The molecule has 0 aromatic heterocycles. The van der Waals surface area contributed by atoms with E-state index < -0.39 is 0 Å². The topological polar surface area (TPSA) is 58.2 Å². The number of unbranched alkanes of at least 4 members (excludes halogenated alkanes) is 7. The molecule has 0 aliphatic carbocycles. The first-order valence-electron chi connectivity index (χ1n) is 11.3. The number of carbonyl (C=O) groups is 2. The number of nitrogens with one attached hydrogen (secondary N) is 2. The van der Waals surface area contributed by atoms with Crippen molar-refractivity contribution in [3.8, 4) is 0 Å². The number of amides is 2. The Hall–Kier alpha value is -2.62. The van der Waals surface area contributed by atoms with Crippen molar-refractivity contribution in [3.63, 3.8) is 0 Å². The van der Waals surface area contributed by atoms with Crippen LogP contribution in [0, 0.1) is 13.8 Å². The van der Waals surface area contributed by atoms with E-state index in [0.717, 1.165) is 48.2 Å². The predicted molar refractivity (Wildman–Crippen MR) is 126 cm³/mol. The Labute approximate surface area is 181 Å². The highest BCUT2D eigenvalue weighted by Crippen LogP contribution is 2.14. The average molecular weight is 409 g/mol. The second-order valence-corrected chi connectivity index (χ2v) is 8.16. The van der Waals surface area contributed by atoms with E-state index in [-0.39, 0.29) is 11.8 Å². The molecule has 0 aliphatic heterocycles. The molecule has 162 valence electrons. The van der Waals surface area contributed by atoms with E-state index in [9.17, 15) is 9.59 Å². The number of carbonyl (C=O) groups excluding carboxylic acids is 2. The third-order valence-corrected chi connectivity index (χ3v) is 5.16. The van der Waals surface area contributed by atoms with E-state index in [4.69, 9.17) is 0 Å². The third-order valence-electron chi connectivity index (χ3n) is 5.16. The molecule has 0 heterocycles. The Bertz CT molecular complexity index is 734. The van der Waals surface area contributed by atoms with E-state index in [1.807, 2.05) is 62.4 Å². The van der Waals surface area contributed by atoms with Crippen molar-refractivity contribution in [3.05, 3.63) is 59.7 Å². The Balaban J connectivity index is 1.41. The van der Waals surface area contributed by atoms with Crippen LogP contribution < -0.4 is 10.6 Å². The molecule has 2 aromatic rings. The summed E-state index contributed by atoms with van der Waals surface area (Å²) in [7, 11) is 0. The van der Waals surface area contributed by atoms with Gasteiger partial charge in [-0.3, -0.25) is 9.59 Å². The van der Waals surface area contributed by atoms with Gasteiger partial charge in [0, 0.05) is 24.2 Å². The lowest BCUT2D eigenvalue weighted by Crippen LogP contribution is -2.11. The van der Waals surface area contributed by atoms with Crippen LogP contribution in [-0.2, 0) is 9.59 Å². The van der Waals surface area contributed by atoms with Crippen LogP contribution in [0.3, 0.4) is 0 Å². The van der Waals surface area contributed by atoms with Crippen molar-refractivity contribution < 1.29 is 9.59 Å². The van der Waals surface area contributed by atoms with Gasteiger partial charge in [0.2, 0.25) is 11.8 Å². The van der Waals surface area contributed by atoms with Crippen molar-refractivity contribution in [2.24, 2.45) is 0 Å². The Morgan fingerprint density at radius 1 is 0.600 bits per heavy atom. The summed E-state index contributed by atoms with van der Waals surface area (Å²) in [5.41, 5.74) is 4.07. The maximum atomic E-state index is 12.0. The van der Waals surface area contributed by atoms with E-state index >= 15 is 0 Å². The summed E-state index contributed by atoms with van der Waals surface area (Å²) < 4.78 is 0. The lowest BCUT2D eigenvalue weighted by Gasteiger charge is -2.07. The highest BCUT2D eigenvalue weighted by Gasteiger charge is 2.04. The molecule has 4 heteroatoms. The first-order chi connectivity index (χ1) is 14.5. The minimum Gasteiger partial charge on any atom is -0.326 e. The molecular weight excluding hydrogens is 372 g/mol. The normalized spacial score (nSPS) is 10.6. The Morgan fingerprint density at radius 2 is 0.967 bits per heavy atom. The van der Waals surface area contributed by atoms with Crippen LogP contribution in [0.25, 0.3) is 0 Å². The molecule has 0 aliphatic rings. The molecule has 0 bridgehead atoms. The van der Waals surface area contributed by atoms with Gasteiger partial charge < -0.3 is 10.6 Å². The van der Waals surface area contributed by atoms with Gasteiger partial charge in [0.1, 0.15) is 0 Å². The van der Waals surface area contributed by atoms with Crippen LogP contribution in [0.4, 0.5) is 11.4 Å². The van der Waals surface area contributed by atoms with Crippen molar-refractivity contribution in [1.82, 2.24) is 0 Å². The first kappa shape index (κ1) is 23.7. The molecule has 30 heavy (non-hydrogen) atoms. The molecule has 0 atom stereocenters. The molecule has 2 rings (SSSR count). The maximum absolute atomic E-state index is 12.0. The fourth-order valence-corrected chi connectivity index (χ4v) is 3.52. The molecule has 0 saturated heterocycles. The van der Waals surface area contributed by atoms with E-state index in [1.54, 1.807) is 0 Å². The number of rotatable bonds is 13. The smallest absolute Gasteiger partial charge is 0.224 e. The van der Waals surface area contributed by atoms with Gasteiger partial charge in [-0.2, -0.15) is 0 Å². The lowest BCUT2D eigenvalue weighted by molar-refractivity contribution is -0.117. The maximum Gasteiger partial charge on any atom is 0.224 e. The molecule has 2 N–H and O–H groups in total. The first-order valence-corrected chi connectivity index (χ1v) is 11.3. The quantitative estimate of drug-likeness (QED) is 0.359. The summed E-state index contributed by atoms with van der Waals surface area (Å²) in [4.78, 5) is 23.9. The Morgan fingerprint density at radius 3 is 1.33 bits per heavy atom.